The Morgan fingerprint density at radius 2 is 1.94 bits per heavy atom. The number of likely N-dealkylation sites (N-methyl/N-ethyl adjacent to an activating group) is 1. The van der Waals surface area contributed by atoms with Gasteiger partial charge >= 0.3 is 0 Å². The van der Waals surface area contributed by atoms with Crippen LogP contribution in [0.5, 0.6) is 0 Å². The summed E-state index contributed by atoms with van der Waals surface area (Å²) in [5, 5.41) is 8.93. The van der Waals surface area contributed by atoms with E-state index in [0.29, 0.717) is 18.4 Å². The molecule has 0 unspecified atom stereocenters. The van der Waals surface area contributed by atoms with Gasteiger partial charge in [-0.2, -0.15) is 15.0 Å². The van der Waals surface area contributed by atoms with Crippen molar-refractivity contribution in [1.29, 1.82) is 0 Å². The van der Waals surface area contributed by atoms with E-state index in [0.717, 1.165) is 25.9 Å². The smallest absolute Gasteiger partial charge is 0.231 e. The van der Waals surface area contributed by atoms with Gasteiger partial charge in [0.25, 0.3) is 0 Å². The van der Waals surface area contributed by atoms with Gasteiger partial charge in [-0.3, -0.25) is 0 Å². The molecule has 100 valence electrons. The van der Waals surface area contributed by atoms with Crippen molar-refractivity contribution in [3.8, 4) is 0 Å². The van der Waals surface area contributed by atoms with Crippen LogP contribution in [-0.4, -0.2) is 53.3 Å². The van der Waals surface area contributed by atoms with Crippen LogP contribution in [0.25, 0.3) is 0 Å². The predicted octanol–water partition coefficient (Wildman–Crippen LogP) is -0.127. The van der Waals surface area contributed by atoms with Crippen LogP contribution in [-0.2, 0) is 0 Å². The van der Waals surface area contributed by atoms with Gasteiger partial charge in [0.2, 0.25) is 17.8 Å². The van der Waals surface area contributed by atoms with Crippen LogP contribution in [0.3, 0.4) is 0 Å². The summed E-state index contributed by atoms with van der Waals surface area (Å²) in [4.78, 5) is 16.6. The molecule has 1 aliphatic heterocycles. The van der Waals surface area contributed by atoms with Crippen molar-refractivity contribution in [2.75, 3.05) is 48.8 Å². The van der Waals surface area contributed by atoms with E-state index in [-0.39, 0.29) is 12.6 Å². The number of hydrogen-bond acceptors (Lipinski definition) is 7. The van der Waals surface area contributed by atoms with E-state index in [2.05, 4.69) is 19.9 Å². The van der Waals surface area contributed by atoms with Gasteiger partial charge in [0, 0.05) is 26.7 Å². The Hall–Kier alpha value is -1.63. The molecule has 18 heavy (non-hydrogen) atoms. The summed E-state index contributed by atoms with van der Waals surface area (Å²) in [7, 11) is 1.82. The van der Waals surface area contributed by atoms with Gasteiger partial charge in [-0.25, -0.2) is 0 Å². The van der Waals surface area contributed by atoms with Crippen LogP contribution in [0.4, 0.5) is 17.8 Å². The molecule has 3 N–H and O–H groups in total. The van der Waals surface area contributed by atoms with E-state index in [4.69, 9.17) is 10.8 Å². The zero-order valence-electron chi connectivity index (χ0n) is 10.7. The van der Waals surface area contributed by atoms with Gasteiger partial charge in [-0.1, -0.05) is 0 Å². The molecule has 0 saturated carbocycles. The first-order valence-electron chi connectivity index (χ1n) is 6.29. The predicted molar refractivity (Wildman–Crippen MR) is 70.7 cm³/mol. The van der Waals surface area contributed by atoms with Crippen LogP contribution in [0.2, 0.25) is 0 Å². The Morgan fingerprint density at radius 1 is 1.22 bits per heavy atom. The molecule has 0 spiro atoms. The Kier molecular flexibility index (Phi) is 4.14. The van der Waals surface area contributed by atoms with E-state index in [1.165, 1.54) is 6.42 Å². The van der Waals surface area contributed by atoms with Gasteiger partial charge in [0.15, 0.2) is 0 Å². The first-order valence-corrected chi connectivity index (χ1v) is 6.29. The Morgan fingerprint density at radius 3 is 2.61 bits per heavy atom. The summed E-state index contributed by atoms with van der Waals surface area (Å²) in [6.07, 6.45) is 3.58. The van der Waals surface area contributed by atoms with E-state index in [1.807, 2.05) is 7.05 Å². The first kappa shape index (κ1) is 12.8. The molecule has 0 aliphatic carbocycles. The molecular formula is C11H20N6O. The second kappa shape index (κ2) is 5.81. The van der Waals surface area contributed by atoms with E-state index < -0.39 is 0 Å². The number of aliphatic hydroxyl groups is 1. The normalized spacial score (nSPS) is 15.8. The minimum Gasteiger partial charge on any atom is -0.395 e. The average molecular weight is 252 g/mol. The number of anilines is 3. The largest absolute Gasteiger partial charge is 0.395 e. The Labute approximate surface area is 107 Å². The summed E-state index contributed by atoms with van der Waals surface area (Å²) in [5.41, 5.74) is 5.72. The molecule has 0 amide bonds. The molecule has 0 atom stereocenters. The summed E-state index contributed by atoms with van der Waals surface area (Å²) < 4.78 is 0. The van der Waals surface area contributed by atoms with Gasteiger partial charge in [0.1, 0.15) is 0 Å². The SMILES string of the molecule is CN(CCO)c1nc(N)nc(N2CCCCC2)n1. The average Bonchev–Trinajstić information content (AvgIpc) is 2.39. The molecule has 2 heterocycles. The monoisotopic (exact) mass is 252 g/mol. The summed E-state index contributed by atoms with van der Waals surface area (Å²) in [5.74, 6) is 1.38. The fourth-order valence-corrected chi connectivity index (χ4v) is 2.03. The van der Waals surface area contributed by atoms with Crippen molar-refractivity contribution in [1.82, 2.24) is 15.0 Å². The molecule has 1 aliphatic rings. The molecule has 0 aromatic carbocycles. The van der Waals surface area contributed by atoms with Crippen molar-refractivity contribution < 1.29 is 5.11 Å². The van der Waals surface area contributed by atoms with E-state index in [1.54, 1.807) is 4.90 Å². The maximum atomic E-state index is 8.93. The van der Waals surface area contributed by atoms with Crippen LogP contribution in [0.1, 0.15) is 19.3 Å². The third-order valence-electron chi connectivity index (χ3n) is 3.04. The van der Waals surface area contributed by atoms with Crippen LogP contribution in [0.15, 0.2) is 0 Å². The number of hydrogen-bond donors (Lipinski definition) is 2. The van der Waals surface area contributed by atoms with E-state index >= 15 is 0 Å². The number of rotatable bonds is 4. The molecule has 1 fully saturated rings. The van der Waals surface area contributed by atoms with Crippen LogP contribution in [0, 0.1) is 0 Å². The fraction of sp³-hybridized carbons (Fsp3) is 0.727. The van der Waals surface area contributed by atoms with Gasteiger partial charge in [-0.05, 0) is 19.3 Å². The second-order valence-corrected chi connectivity index (χ2v) is 4.49. The summed E-state index contributed by atoms with van der Waals surface area (Å²) >= 11 is 0. The zero-order chi connectivity index (χ0) is 13.0. The maximum Gasteiger partial charge on any atom is 0.231 e. The van der Waals surface area contributed by atoms with Gasteiger partial charge in [0.05, 0.1) is 6.61 Å². The number of aliphatic hydroxyl groups excluding tert-OH is 1. The van der Waals surface area contributed by atoms with E-state index in [9.17, 15) is 0 Å². The third-order valence-corrected chi connectivity index (χ3v) is 3.04. The molecule has 1 saturated heterocycles. The topological polar surface area (TPSA) is 91.4 Å². The van der Waals surface area contributed by atoms with Gasteiger partial charge < -0.3 is 20.6 Å². The Balaban J connectivity index is 2.19. The van der Waals surface area contributed by atoms with Crippen molar-refractivity contribution in [3.63, 3.8) is 0 Å². The zero-order valence-corrected chi connectivity index (χ0v) is 10.7. The highest BCUT2D eigenvalue weighted by Crippen LogP contribution is 2.18. The number of nitrogen functional groups attached to an aromatic ring is 1. The maximum absolute atomic E-state index is 8.93. The lowest BCUT2D eigenvalue weighted by atomic mass is 10.1. The highest BCUT2D eigenvalue weighted by atomic mass is 16.3. The number of piperidine rings is 1. The highest BCUT2D eigenvalue weighted by Gasteiger charge is 2.16. The lowest BCUT2D eigenvalue weighted by Crippen LogP contribution is -2.32. The number of aromatic nitrogens is 3. The fourth-order valence-electron chi connectivity index (χ4n) is 2.03. The molecule has 7 heteroatoms. The molecule has 0 radical (unpaired) electrons. The molecule has 0 bridgehead atoms. The minimum absolute atomic E-state index is 0.0567. The van der Waals surface area contributed by atoms with Crippen LogP contribution < -0.4 is 15.5 Å². The highest BCUT2D eigenvalue weighted by molar-refractivity contribution is 5.43. The standard InChI is InChI=1S/C11H20N6O/c1-16(7-8-18)10-13-9(12)14-11(15-10)17-5-3-2-4-6-17/h18H,2-8H2,1H3,(H2,12,13,14,15). The minimum atomic E-state index is 0.0567. The van der Waals surface area contributed by atoms with Crippen LogP contribution >= 0.6 is 0 Å². The van der Waals surface area contributed by atoms with Crippen molar-refractivity contribution in [2.45, 2.75) is 19.3 Å². The lowest BCUT2D eigenvalue weighted by Gasteiger charge is -2.27. The summed E-state index contributed by atoms with van der Waals surface area (Å²) in [6, 6.07) is 0. The van der Waals surface area contributed by atoms with Crippen molar-refractivity contribution in [2.24, 2.45) is 0 Å². The Bertz CT molecular complexity index is 393. The number of nitrogens with zero attached hydrogens (tertiary/aromatic N) is 5. The summed E-state index contributed by atoms with van der Waals surface area (Å²) in [6.45, 7) is 2.46. The molecular weight excluding hydrogens is 232 g/mol. The molecule has 2 rings (SSSR count). The van der Waals surface area contributed by atoms with Crippen molar-refractivity contribution in [3.05, 3.63) is 0 Å². The molecule has 1 aromatic rings. The molecule has 7 nitrogen and oxygen atoms in total. The first-order chi connectivity index (χ1) is 8.70. The second-order valence-electron chi connectivity index (χ2n) is 4.49. The third kappa shape index (κ3) is 2.98. The molecule has 1 aromatic heterocycles. The van der Waals surface area contributed by atoms with Crippen molar-refractivity contribution >= 4 is 17.8 Å². The quantitative estimate of drug-likeness (QED) is 0.771. The van der Waals surface area contributed by atoms with Gasteiger partial charge in [-0.15, -0.1) is 0 Å². The lowest BCUT2D eigenvalue weighted by molar-refractivity contribution is 0.303. The number of nitrogens with two attached hydrogens (primary N) is 1.